The molecule has 16 heavy (non-hydrogen) atoms. The fourth-order valence-electron chi connectivity index (χ4n) is 1.55. The zero-order chi connectivity index (χ0) is 11.5. The van der Waals surface area contributed by atoms with Crippen molar-refractivity contribution in [3.63, 3.8) is 0 Å². The number of nitrogens with one attached hydrogen (secondary N) is 2. The van der Waals surface area contributed by atoms with Crippen molar-refractivity contribution in [2.45, 2.75) is 25.6 Å². The van der Waals surface area contributed by atoms with Gasteiger partial charge in [0, 0.05) is 6.42 Å². The summed E-state index contributed by atoms with van der Waals surface area (Å²) in [5.74, 6) is -0.172. The second-order valence-electron chi connectivity index (χ2n) is 3.57. The number of H-pyrrole nitrogens is 2. The molecular formula is C9H13N3O4. The van der Waals surface area contributed by atoms with E-state index in [9.17, 15) is 9.59 Å². The van der Waals surface area contributed by atoms with Gasteiger partial charge in [0.15, 0.2) is 12.1 Å². The molecular weight excluding hydrogens is 214 g/mol. The van der Waals surface area contributed by atoms with E-state index in [1.807, 2.05) is 4.98 Å². The zero-order valence-electron chi connectivity index (χ0n) is 8.62. The van der Waals surface area contributed by atoms with Gasteiger partial charge < -0.3 is 15.2 Å². The highest BCUT2D eigenvalue weighted by atomic mass is 16.7. The van der Waals surface area contributed by atoms with Crippen LogP contribution in [0.2, 0.25) is 0 Å². The van der Waals surface area contributed by atoms with Crippen LogP contribution in [-0.2, 0) is 4.74 Å². The number of nitrogens with two attached hydrogens (primary N) is 1. The Kier molecular flexibility index (Phi) is 2.95. The SMILES string of the molecule is Nc1[nH]c(=O)[nH]c(=O)c1OC1CCCCO1. The normalized spacial score (nSPS) is 20.6. The zero-order valence-corrected chi connectivity index (χ0v) is 8.62. The molecule has 7 nitrogen and oxygen atoms in total. The summed E-state index contributed by atoms with van der Waals surface area (Å²) in [6.45, 7) is 0.603. The average Bonchev–Trinajstić information content (AvgIpc) is 2.25. The molecule has 7 heteroatoms. The van der Waals surface area contributed by atoms with Gasteiger partial charge in [-0.2, -0.15) is 0 Å². The van der Waals surface area contributed by atoms with Crippen LogP contribution in [0, 0.1) is 0 Å². The van der Waals surface area contributed by atoms with Gasteiger partial charge in [0.25, 0.3) is 5.56 Å². The molecule has 1 saturated heterocycles. The maximum Gasteiger partial charge on any atom is 0.327 e. The molecule has 2 rings (SSSR count). The van der Waals surface area contributed by atoms with Crippen LogP contribution in [-0.4, -0.2) is 22.9 Å². The monoisotopic (exact) mass is 227 g/mol. The molecule has 0 saturated carbocycles. The highest BCUT2D eigenvalue weighted by Gasteiger charge is 2.18. The van der Waals surface area contributed by atoms with Crippen LogP contribution < -0.4 is 21.7 Å². The fraction of sp³-hybridized carbons (Fsp3) is 0.556. The summed E-state index contributed by atoms with van der Waals surface area (Å²) in [4.78, 5) is 26.6. The number of hydrogen-bond donors (Lipinski definition) is 3. The van der Waals surface area contributed by atoms with E-state index in [2.05, 4.69) is 4.98 Å². The summed E-state index contributed by atoms with van der Waals surface area (Å²) in [6, 6.07) is 0. The second kappa shape index (κ2) is 4.40. The van der Waals surface area contributed by atoms with Crippen molar-refractivity contribution in [1.82, 2.24) is 9.97 Å². The first-order valence-corrected chi connectivity index (χ1v) is 5.07. The van der Waals surface area contributed by atoms with E-state index in [4.69, 9.17) is 15.2 Å². The highest BCUT2D eigenvalue weighted by Crippen LogP contribution is 2.18. The molecule has 0 bridgehead atoms. The van der Waals surface area contributed by atoms with Crippen LogP contribution in [0.5, 0.6) is 5.75 Å². The van der Waals surface area contributed by atoms with Crippen molar-refractivity contribution < 1.29 is 9.47 Å². The second-order valence-corrected chi connectivity index (χ2v) is 3.57. The van der Waals surface area contributed by atoms with Crippen LogP contribution >= 0.6 is 0 Å². The Hall–Kier alpha value is -1.76. The largest absolute Gasteiger partial charge is 0.455 e. The molecule has 2 heterocycles. The summed E-state index contributed by atoms with van der Waals surface area (Å²) >= 11 is 0. The molecule has 0 spiro atoms. The van der Waals surface area contributed by atoms with Crippen molar-refractivity contribution in [2.75, 3.05) is 12.3 Å². The fourth-order valence-corrected chi connectivity index (χ4v) is 1.55. The van der Waals surface area contributed by atoms with E-state index in [0.29, 0.717) is 13.0 Å². The van der Waals surface area contributed by atoms with Crippen molar-refractivity contribution in [3.05, 3.63) is 20.8 Å². The lowest BCUT2D eigenvalue weighted by molar-refractivity contribution is -0.106. The van der Waals surface area contributed by atoms with Gasteiger partial charge in [-0.25, -0.2) is 4.79 Å². The van der Waals surface area contributed by atoms with Crippen LogP contribution in [0.1, 0.15) is 19.3 Å². The summed E-state index contributed by atoms with van der Waals surface area (Å²) in [5.41, 5.74) is 4.19. The molecule has 0 amide bonds. The maximum absolute atomic E-state index is 11.4. The third-order valence-electron chi connectivity index (χ3n) is 2.31. The minimum atomic E-state index is -0.653. The Bertz CT molecular complexity index is 472. The van der Waals surface area contributed by atoms with Gasteiger partial charge in [-0.05, 0) is 12.8 Å². The summed E-state index contributed by atoms with van der Waals surface area (Å²) in [7, 11) is 0. The van der Waals surface area contributed by atoms with Crippen molar-refractivity contribution >= 4 is 5.82 Å². The standard InChI is InChI=1S/C9H13N3O4/c10-7-6(8(13)12-9(14)11-7)16-5-3-1-2-4-15-5/h5H,1-4H2,(H4,10,11,12,13,14). The molecule has 4 N–H and O–H groups in total. The van der Waals surface area contributed by atoms with Crippen molar-refractivity contribution in [2.24, 2.45) is 0 Å². The molecule has 1 fully saturated rings. The lowest BCUT2D eigenvalue weighted by Crippen LogP contribution is -2.31. The lowest BCUT2D eigenvalue weighted by atomic mass is 10.2. The number of anilines is 1. The molecule has 1 aliphatic heterocycles. The van der Waals surface area contributed by atoms with E-state index in [0.717, 1.165) is 12.8 Å². The topological polar surface area (TPSA) is 110 Å². The Labute approximate surface area is 90.6 Å². The minimum absolute atomic E-state index is 0.0806. The predicted octanol–water partition coefficient (Wildman–Crippen LogP) is -0.449. The van der Waals surface area contributed by atoms with Gasteiger partial charge in [0.05, 0.1) is 6.61 Å². The van der Waals surface area contributed by atoms with E-state index < -0.39 is 17.5 Å². The van der Waals surface area contributed by atoms with Crippen molar-refractivity contribution in [3.8, 4) is 5.75 Å². The van der Waals surface area contributed by atoms with Gasteiger partial charge in [-0.15, -0.1) is 0 Å². The molecule has 0 aromatic carbocycles. The van der Waals surface area contributed by atoms with Crippen LogP contribution in [0.4, 0.5) is 5.82 Å². The molecule has 1 aliphatic rings. The van der Waals surface area contributed by atoms with Gasteiger partial charge in [0.2, 0.25) is 5.75 Å². The number of rotatable bonds is 2. The quantitative estimate of drug-likeness (QED) is 0.633. The van der Waals surface area contributed by atoms with E-state index in [1.54, 1.807) is 0 Å². The minimum Gasteiger partial charge on any atom is -0.455 e. The first kappa shape index (κ1) is 10.7. The predicted molar refractivity (Wildman–Crippen MR) is 56.3 cm³/mol. The van der Waals surface area contributed by atoms with E-state index in [-0.39, 0.29) is 11.6 Å². The summed E-state index contributed by atoms with van der Waals surface area (Å²) < 4.78 is 10.6. The number of nitrogen functional groups attached to an aromatic ring is 1. The number of aromatic nitrogens is 2. The van der Waals surface area contributed by atoms with E-state index in [1.165, 1.54) is 0 Å². The first-order valence-electron chi connectivity index (χ1n) is 5.07. The van der Waals surface area contributed by atoms with Gasteiger partial charge in [0.1, 0.15) is 0 Å². The molecule has 1 unspecified atom stereocenters. The highest BCUT2D eigenvalue weighted by molar-refractivity contribution is 5.42. The lowest BCUT2D eigenvalue weighted by Gasteiger charge is -2.23. The molecule has 1 atom stereocenters. The van der Waals surface area contributed by atoms with Crippen LogP contribution in [0.3, 0.4) is 0 Å². The third kappa shape index (κ3) is 2.25. The Morgan fingerprint density at radius 3 is 2.75 bits per heavy atom. The first-order chi connectivity index (χ1) is 7.66. The third-order valence-corrected chi connectivity index (χ3v) is 2.31. The molecule has 0 aliphatic carbocycles. The van der Waals surface area contributed by atoms with Crippen LogP contribution in [0.15, 0.2) is 9.59 Å². The number of hydrogen-bond acceptors (Lipinski definition) is 5. The van der Waals surface area contributed by atoms with Crippen molar-refractivity contribution in [1.29, 1.82) is 0 Å². The smallest absolute Gasteiger partial charge is 0.327 e. The Morgan fingerprint density at radius 2 is 2.12 bits per heavy atom. The molecule has 0 radical (unpaired) electrons. The summed E-state index contributed by atoms with van der Waals surface area (Å²) in [6.07, 6.45) is 2.20. The van der Waals surface area contributed by atoms with E-state index >= 15 is 0 Å². The van der Waals surface area contributed by atoms with Gasteiger partial charge in [-0.1, -0.05) is 0 Å². The van der Waals surface area contributed by atoms with Gasteiger partial charge in [-0.3, -0.25) is 14.8 Å². The molecule has 1 aromatic heterocycles. The van der Waals surface area contributed by atoms with Crippen LogP contribution in [0.25, 0.3) is 0 Å². The average molecular weight is 227 g/mol. The molecule has 88 valence electrons. The Balaban J connectivity index is 2.20. The summed E-state index contributed by atoms with van der Waals surface area (Å²) in [5, 5.41) is 0. The Morgan fingerprint density at radius 1 is 1.31 bits per heavy atom. The molecule has 1 aromatic rings. The number of ether oxygens (including phenoxy) is 2. The number of aromatic amines is 2. The van der Waals surface area contributed by atoms with Gasteiger partial charge >= 0.3 is 5.69 Å². The maximum atomic E-state index is 11.4.